The molecule has 0 radical (unpaired) electrons. The van der Waals surface area contributed by atoms with Gasteiger partial charge in [-0.2, -0.15) is 0 Å². The van der Waals surface area contributed by atoms with Gasteiger partial charge in [0.25, 0.3) is 5.91 Å². The summed E-state index contributed by atoms with van der Waals surface area (Å²) in [6.45, 7) is 6.15. The number of hydrogen-bond donors (Lipinski definition) is 1. The molecule has 0 saturated carbocycles. The maximum atomic E-state index is 12.6. The highest BCUT2D eigenvalue weighted by atomic mass is 16.5. The highest BCUT2D eigenvalue weighted by Crippen LogP contribution is 2.16. The van der Waals surface area contributed by atoms with Gasteiger partial charge in [0.2, 0.25) is 0 Å². The molecule has 1 amide bonds. The first-order valence-corrected chi connectivity index (χ1v) is 10.1. The number of carbonyl (C=O) groups excluding carboxylic acids is 1. The van der Waals surface area contributed by atoms with Crippen LogP contribution in [-0.2, 0) is 11.3 Å². The van der Waals surface area contributed by atoms with E-state index in [2.05, 4.69) is 44.4 Å². The predicted molar refractivity (Wildman–Crippen MR) is 109 cm³/mol. The average Bonchev–Trinajstić information content (AvgIpc) is 2.76. The molecular formula is C22H28N4O2. The fourth-order valence-corrected chi connectivity index (χ4v) is 3.85. The van der Waals surface area contributed by atoms with E-state index in [1.165, 1.54) is 5.56 Å². The van der Waals surface area contributed by atoms with Crippen LogP contribution in [-0.4, -0.2) is 61.2 Å². The van der Waals surface area contributed by atoms with E-state index in [-0.39, 0.29) is 11.9 Å². The fourth-order valence-electron chi connectivity index (χ4n) is 3.85. The Balaban J connectivity index is 1.25. The topological polar surface area (TPSA) is 57.7 Å². The Labute approximate surface area is 166 Å². The number of morpholine rings is 1. The fraction of sp³-hybridized carbons (Fsp3) is 0.455. The summed E-state index contributed by atoms with van der Waals surface area (Å²) in [5.74, 6) is 0.886. The first kappa shape index (κ1) is 18.9. The van der Waals surface area contributed by atoms with Crippen LogP contribution in [0.3, 0.4) is 0 Å². The summed E-state index contributed by atoms with van der Waals surface area (Å²) >= 11 is 0. The van der Waals surface area contributed by atoms with Crippen LogP contribution in [0.25, 0.3) is 0 Å². The van der Waals surface area contributed by atoms with Gasteiger partial charge in [0, 0.05) is 45.0 Å². The van der Waals surface area contributed by atoms with Crippen molar-refractivity contribution >= 4 is 11.7 Å². The Bertz CT molecular complexity index is 752. The van der Waals surface area contributed by atoms with Gasteiger partial charge in [-0.25, -0.2) is 4.98 Å². The molecule has 1 N–H and O–H groups in total. The lowest BCUT2D eigenvalue weighted by Gasteiger charge is -2.32. The molecule has 1 aromatic carbocycles. The van der Waals surface area contributed by atoms with Crippen molar-refractivity contribution in [1.29, 1.82) is 0 Å². The van der Waals surface area contributed by atoms with Crippen molar-refractivity contribution in [2.45, 2.75) is 25.4 Å². The van der Waals surface area contributed by atoms with Gasteiger partial charge >= 0.3 is 0 Å². The summed E-state index contributed by atoms with van der Waals surface area (Å²) in [6, 6.07) is 14.6. The second kappa shape index (κ2) is 9.17. The maximum absolute atomic E-state index is 12.6. The number of piperidine rings is 1. The molecule has 6 nitrogen and oxygen atoms in total. The van der Waals surface area contributed by atoms with Crippen molar-refractivity contribution in [3.05, 3.63) is 59.8 Å². The second-order valence-electron chi connectivity index (χ2n) is 7.51. The molecule has 0 unspecified atom stereocenters. The Hall–Kier alpha value is -2.44. The summed E-state index contributed by atoms with van der Waals surface area (Å²) in [4.78, 5) is 21.7. The van der Waals surface area contributed by atoms with Crippen LogP contribution < -0.4 is 10.2 Å². The number of amides is 1. The number of hydrogen-bond acceptors (Lipinski definition) is 5. The van der Waals surface area contributed by atoms with Crippen LogP contribution in [0.2, 0.25) is 0 Å². The Morgan fingerprint density at radius 2 is 1.79 bits per heavy atom. The number of anilines is 1. The molecule has 2 saturated heterocycles. The van der Waals surface area contributed by atoms with Gasteiger partial charge in [-0.1, -0.05) is 30.3 Å². The van der Waals surface area contributed by atoms with Crippen LogP contribution in [0.15, 0.2) is 48.7 Å². The Morgan fingerprint density at radius 1 is 1.04 bits per heavy atom. The van der Waals surface area contributed by atoms with Gasteiger partial charge in [0.15, 0.2) is 0 Å². The molecule has 148 valence electrons. The third-order valence-corrected chi connectivity index (χ3v) is 5.52. The summed E-state index contributed by atoms with van der Waals surface area (Å²) in [5.41, 5.74) is 1.97. The molecule has 0 atom stereocenters. The number of carbonyl (C=O) groups is 1. The molecule has 3 heterocycles. The number of aromatic nitrogens is 1. The molecule has 0 bridgehead atoms. The molecule has 0 aliphatic carbocycles. The van der Waals surface area contributed by atoms with Gasteiger partial charge in [-0.3, -0.25) is 9.69 Å². The van der Waals surface area contributed by atoms with E-state index >= 15 is 0 Å². The average molecular weight is 380 g/mol. The van der Waals surface area contributed by atoms with Crippen LogP contribution in [0.1, 0.15) is 28.8 Å². The van der Waals surface area contributed by atoms with Gasteiger partial charge < -0.3 is 15.0 Å². The van der Waals surface area contributed by atoms with Gasteiger partial charge in [0.1, 0.15) is 5.82 Å². The SMILES string of the molecule is O=C(NC1CCN(Cc2ccccc2)CC1)c1ccc(N2CCOCC2)nc1. The van der Waals surface area contributed by atoms with E-state index in [4.69, 9.17) is 4.74 Å². The molecule has 2 aromatic rings. The molecule has 2 aliphatic heterocycles. The van der Waals surface area contributed by atoms with Crippen molar-refractivity contribution in [1.82, 2.24) is 15.2 Å². The highest BCUT2D eigenvalue weighted by molar-refractivity contribution is 5.94. The Kier molecular flexibility index (Phi) is 6.19. The van der Waals surface area contributed by atoms with E-state index in [1.54, 1.807) is 6.20 Å². The lowest BCUT2D eigenvalue weighted by atomic mass is 10.0. The largest absolute Gasteiger partial charge is 0.378 e. The van der Waals surface area contributed by atoms with Crippen molar-refractivity contribution in [2.75, 3.05) is 44.3 Å². The minimum Gasteiger partial charge on any atom is -0.378 e. The van der Waals surface area contributed by atoms with Gasteiger partial charge in [0.05, 0.1) is 18.8 Å². The molecule has 6 heteroatoms. The minimum absolute atomic E-state index is 0.0254. The smallest absolute Gasteiger partial charge is 0.253 e. The van der Waals surface area contributed by atoms with Crippen molar-refractivity contribution < 1.29 is 9.53 Å². The number of nitrogens with one attached hydrogen (secondary N) is 1. The van der Waals surface area contributed by atoms with E-state index in [1.807, 2.05) is 18.2 Å². The van der Waals surface area contributed by atoms with E-state index in [0.29, 0.717) is 5.56 Å². The summed E-state index contributed by atoms with van der Waals surface area (Å²) < 4.78 is 5.37. The van der Waals surface area contributed by atoms with Gasteiger partial charge in [-0.05, 0) is 30.5 Å². The van der Waals surface area contributed by atoms with Crippen molar-refractivity contribution in [3.8, 4) is 0 Å². The Morgan fingerprint density at radius 3 is 2.46 bits per heavy atom. The molecule has 2 fully saturated rings. The summed E-state index contributed by atoms with van der Waals surface area (Å²) in [5, 5.41) is 3.18. The van der Waals surface area contributed by atoms with Crippen molar-refractivity contribution in [2.24, 2.45) is 0 Å². The normalized spacial score (nSPS) is 18.8. The standard InChI is InChI=1S/C22H28N4O2/c27-22(19-6-7-21(23-16-19)26-12-14-28-15-13-26)24-20-8-10-25(11-9-20)17-18-4-2-1-3-5-18/h1-7,16,20H,8-15,17H2,(H,24,27). The third kappa shape index (κ3) is 4.88. The number of likely N-dealkylation sites (tertiary alicyclic amines) is 1. The summed E-state index contributed by atoms with van der Waals surface area (Å²) in [7, 11) is 0. The molecule has 4 rings (SSSR count). The van der Waals surface area contributed by atoms with E-state index in [9.17, 15) is 4.79 Å². The third-order valence-electron chi connectivity index (χ3n) is 5.52. The van der Waals surface area contributed by atoms with Gasteiger partial charge in [-0.15, -0.1) is 0 Å². The maximum Gasteiger partial charge on any atom is 0.253 e. The quantitative estimate of drug-likeness (QED) is 0.863. The first-order valence-electron chi connectivity index (χ1n) is 10.1. The molecule has 28 heavy (non-hydrogen) atoms. The minimum atomic E-state index is -0.0254. The zero-order valence-electron chi connectivity index (χ0n) is 16.2. The highest BCUT2D eigenvalue weighted by Gasteiger charge is 2.21. The van der Waals surface area contributed by atoms with Crippen LogP contribution in [0.4, 0.5) is 5.82 Å². The van der Waals surface area contributed by atoms with Crippen LogP contribution >= 0.6 is 0 Å². The number of pyridine rings is 1. The summed E-state index contributed by atoms with van der Waals surface area (Å²) in [6.07, 6.45) is 3.65. The molecule has 1 aromatic heterocycles. The van der Waals surface area contributed by atoms with Crippen molar-refractivity contribution in [3.63, 3.8) is 0 Å². The number of rotatable bonds is 5. The second-order valence-corrected chi connectivity index (χ2v) is 7.51. The predicted octanol–water partition coefficient (Wildman–Crippen LogP) is 2.31. The zero-order valence-corrected chi connectivity index (χ0v) is 16.2. The molecular weight excluding hydrogens is 352 g/mol. The monoisotopic (exact) mass is 380 g/mol. The van der Waals surface area contributed by atoms with Crippen LogP contribution in [0.5, 0.6) is 0 Å². The first-order chi connectivity index (χ1) is 13.8. The number of nitrogens with zero attached hydrogens (tertiary/aromatic N) is 3. The van der Waals surface area contributed by atoms with E-state index in [0.717, 1.165) is 64.6 Å². The zero-order chi connectivity index (χ0) is 19.2. The lowest BCUT2D eigenvalue weighted by Crippen LogP contribution is -2.44. The number of ether oxygens (including phenoxy) is 1. The van der Waals surface area contributed by atoms with Crippen LogP contribution in [0, 0.1) is 0 Å². The number of benzene rings is 1. The lowest BCUT2D eigenvalue weighted by molar-refractivity contribution is 0.0908. The van der Waals surface area contributed by atoms with E-state index < -0.39 is 0 Å². The molecule has 2 aliphatic rings. The molecule has 0 spiro atoms.